The Labute approximate surface area is 181 Å². The summed E-state index contributed by atoms with van der Waals surface area (Å²) in [6.07, 6.45) is -1.47. The van der Waals surface area contributed by atoms with E-state index < -0.39 is 12.7 Å². The quantitative estimate of drug-likeness (QED) is 0.305. The van der Waals surface area contributed by atoms with E-state index in [1.54, 1.807) is 0 Å². The number of nitrogens with one attached hydrogen (secondary N) is 2. The molecule has 10 heteroatoms. The van der Waals surface area contributed by atoms with Gasteiger partial charge < -0.3 is 15.4 Å². The van der Waals surface area contributed by atoms with Crippen molar-refractivity contribution in [3.05, 3.63) is 0 Å². The molecule has 2 aliphatic rings. The van der Waals surface area contributed by atoms with Crippen molar-refractivity contribution in [2.45, 2.75) is 50.1 Å². The van der Waals surface area contributed by atoms with Gasteiger partial charge in [0.2, 0.25) is 0 Å². The minimum atomic E-state index is -4.14. The minimum absolute atomic E-state index is 0. The lowest BCUT2D eigenvalue weighted by Crippen LogP contribution is -2.46. The number of rotatable bonds is 7. The van der Waals surface area contributed by atoms with Crippen molar-refractivity contribution in [1.29, 1.82) is 0 Å². The van der Waals surface area contributed by atoms with E-state index in [0.29, 0.717) is 32.0 Å². The Morgan fingerprint density at radius 3 is 2.59 bits per heavy atom. The maximum atomic E-state index is 12.5. The average Bonchev–Trinajstić information content (AvgIpc) is 2.99. The van der Waals surface area contributed by atoms with Crippen LogP contribution < -0.4 is 10.6 Å². The van der Waals surface area contributed by atoms with Gasteiger partial charge in [0.15, 0.2) is 5.96 Å². The molecule has 0 aliphatic carbocycles. The van der Waals surface area contributed by atoms with Crippen molar-refractivity contribution in [3.8, 4) is 0 Å². The SMILES string of the molecule is CCNC(=NCC1(SCC)CCOCC1)NC1CCN(CC(F)(F)F)C1.I. The molecule has 0 amide bonds. The molecule has 1 atom stereocenters. The molecule has 2 aliphatic heterocycles. The van der Waals surface area contributed by atoms with Gasteiger partial charge in [-0.1, -0.05) is 6.92 Å². The zero-order valence-corrected chi connectivity index (χ0v) is 19.3. The Morgan fingerprint density at radius 1 is 1.30 bits per heavy atom. The Hall–Kier alpha value is 0.0600. The molecule has 1 unspecified atom stereocenters. The van der Waals surface area contributed by atoms with E-state index in [9.17, 15) is 13.2 Å². The van der Waals surface area contributed by atoms with E-state index in [2.05, 4.69) is 17.6 Å². The molecule has 160 valence electrons. The predicted molar refractivity (Wildman–Crippen MR) is 116 cm³/mol. The second-order valence-electron chi connectivity index (χ2n) is 6.90. The number of aliphatic imine (C=N–C) groups is 1. The van der Waals surface area contributed by atoms with Gasteiger partial charge in [0.25, 0.3) is 0 Å². The van der Waals surface area contributed by atoms with Crippen LogP contribution in [0.4, 0.5) is 13.2 Å². The van der Waals surface area contributed by atoms with Crippen LogP contribution in [0.1, 0.15) is 33.1 Å². The van der Waals surface area contributed by atoms with Crippen LogP contribution in [0.3, 0.4) is 0 Å². The number of alkyl halides is 3. The predicted octanol–water partition coefficient (Wildman–Crippen LogP) is 3.10. The summed E-state index contributed by atoms with van der Waals surface area (Å²) >= 11 is 1.93. The topological polar surface area (TPSA) is 48.9 Å². The highest BCUT2D eigenvalue weighted by molar-refractivity contribution is 14.0. The smallest absolute Gasteiger partial charge is 0.381 e. The number of halogens is 4. The maximum Gasteiger partial charge on any atom is 0.401 e. The third kappa shape index (κ3) is 8.95. The maximum absolute atomic E-state index is 12.5. The largest absolute Gasteiger partial charge is 0.401 e. The number of likely N-dealkylation sites (tertiary alicyclic amines) is 1. The highest BCUT2D eigenvalue weighted by atomic mass is 127. The summed E-state index contributed by atoms with van der Waals surface area (Å²) in [6.45, 7) is 7.12. The van der Waals surface area contributed by atoms with E-state index in [1.807, 2.05) is 18.7 Å². The van der Waals surface area contributed by atoms with E-state index >= 15 is 0 Å². The zero-order chi connectivity index (χ0) is 19.0. The molecule has 0 spiro atoms. The summed E-state index contributed by atoms with van der Waals surface area (Å²) in [4.78, 5) is 6.22. The normalized spacial score (nSPS) is 23.7. The van der Waals surface area contributed by atoms with Crippen molar-refractivity contribution >= 4 is 41.7 Å². The van der Waals surface area contributed by atoms with E-state index in [0.717, 1.165) is 38.4 Å². The summed E-state index contributed by atoms with van der Waals surface area (Å²) in [5.74, 6) is 1.74. The van der Waals surface area contributed by atoms with Crippen LogP contribution in [-0.2, 0) is 4.74 Å². The van der Waals surface area contributed by atoms with Gasteiger partial charge >= 0.3 is 6.18 Å². The van der Waals surface area contributed by atoms with Crippen molar-refractivity contribution < 1.29 is 17.9 Å². The van der Waals surface area contributed by atoms with Crippen molar-refractivity contribution in [2.75, 3.05) is 51.7 Å². The number of nitrogens with zero attached hydrogens (tertiary/aromatic N) is 2. The molecule has 2 fully saturated rings. The second-order valence-corrected chi connectivity index (χ2v) is 8.64. The fourth-order valence-corrected chi connectivity index (χ4v) is 4.71. The summed E-state index contributed by atoms with van der Waals surface area (Å²) in [5, 5.41) is 6.55. The van der Waals surface area contributed by atoms with E-state index in [-0.39, 0.29) is 34.8 Å². The summed E-state index contributed by atoms with van der Waals surface area (Å²) in [7, 11) is 0. The van der Waals surface area contributed by atoms with Crippen LogP contribution in [0.25, 0.3) is 0 Å². The molecule has 0 bridgehead atoms. The standard InChI is InChI=1S/C17H31F3N4OS.HI/c1-3-21-15(22-12-16(26-4-2)6-9-25-10-7-16)23-14-5-8-24(11-14)13-17(18,19)20;/h14H,3-13H2,1-2H3,(H2,21,22,23);1H. The molecule has 2 rings (SSSR count). The summed E-state index contributed by atoms with van der Waals surface area (Å²) in [5.41, 5.74) is 0. The first kappa shape index (κ1) is 25.1. The lowest BCUT2D eigenvalue weighted by atomic mass is 9.99. The highest BCUT2D eigenvalue weighted by Crippen LogP contribution is 2.35. The number of hydrogen-bond donors (Lipinski definition) is 2. The van der Waals surface area contributed by atoms with Crippen LogP contribution in [0.2, 0.25) is 0 Å². The van der Waals surface area contributed by atoms with Gasteiger partial charge in [0.05, 0.1) is 13.1 Å². The molecule has 0 aromatic heterocycles. The fraction of sp³-hybridized carbons (Fsp3) is 0.941. The van der Waals surface area contributed by atoms with Crippen LogP contribution in [0.5, 0.6) is 0 Å². The first-order valence-electron chi connectivity index (χ1n) is 9.41. The molecule has 2 N–H and O–H groups in total. The van der Waals surface area contributed by atoms with E-state index in [4.69, 9.17) is 9.73 Å². The second kappa shape index (κ2) is 11.9. The van der Waals surface area contributed by atoms with E-state index in [1.165, 1.54) is 4.90 Å². The molecule has 0 aromatic rings. The van der Waals surface area contributed by atoms with Gasteiger partial charge in [0.1, 0.15) is 0 Å². The van der Waals surface area contributed by atoms with Crippen molar-refractivity contribution in [3.63, 3.8) is 0 Å². The monoisotopic (exact) mass is 524 g/mol. The zero-order valence-electron chi connectivity index (χ0n) is 16.1. The van der Waals surface area contributed by atoms with Crippen LogP contribution in [0, 0.1) is 0 Å². The van der Waals surface area contributed by atoms with Crippen LogP contribution in [-0.4, -0.2) is 79.5 Å². The van der Waals surface area contributed by atoms with Gasteiger partial charge in [0, 0.05) is 43.6 Å². The molecule has 2 heterocycles. The third-order valence-electron chi connectivity index (χ3n) is 4.74. The first-order valence-corrected chi connectivity index (χ1v) is 10.4. The number of ether oxygens (including phenoxy) is 1. The third-order valence-corrected chi connectivity index (χ3v) is 6.18. The molecule has 27 heavy (non-hydrogen) atoms. The number of thioether (sulfide) groups is 1. The average molecular weight is 524 g/mol. The van der Waals surface area contributed by atoms with Crippen molar-refractivity contribution in [1.82, 2.24) is 15.5 Å². The minimum Gasteiger partial charge on any atom is -0.381 e. The van der Waals surface area contributed by atoms with Crippen molar-refractivity contribution in [2.24, 2.45) is 4.99 Å². The Bertz CT molecular complexity index is 456. The summed E-state index contributed by atoms with van der Waals surface area (Å²) in [6, 6.07) is -0.000354. The molecule has 0 radical (unpaired) electrons. The molecule has 5 nitrogen and oxygen atoms in total. The Balaban J connectivity index is 0.00000364. The highest BCUT2D eigenvalue weighted by Gasteiger charge is 2.35. The Kier molecular flexibility index (Phi) is 11.1. The molecule has 0 saturated carbocycles. The van der Waals surface area contributed by atoms with Crippen LogP contribution >= 0.6 is 35.7 Å². The Morgan fingerprint density at radius 2 is 2.00 bits per heavy atom. The summed E-state index contributed by atoms with van der Waals surface area (Å²) < 4.78 is 43.2. The number of guanidine groups is 1. The van der Waals surface area contributed by atoms with Gasteiger partial charge in [-0.3, -0.25) is 9.89 Å². The molecule has 2 saturated heterocycles. The lowest BCUT2D eigenvalue weighted by Gasteiger charge is -2.35. The molecular weight excluding hydrogens is 492 g/mol. The number of hydrogen-bond acceptors (Lipinski definition) is 4. The molecular formula is C17H32F3IN4OS. The van der Waals surface area contributed by atoms with Gasteiger partial charge in [-0.25, -0.2) is 0 Å². The van der Waals surface area contributed by atoms with Crippen LogP contribution in [0.15, 0.2) is 4.99 Å². The first-order chi connectivity index (χ1) is 12.4. The van der Waals surface area contributed by atoms with Gasteiger partial charge in [-0.2, -0.15) is 24.9 Å². The van der Waals surface area contributed by atoms with Gasteiger partial charge in [-0.15, -0.1) is 24.0 Å². The molecule has 0 aromatic carbocycles. The van der Waals surface area contributed by atoms with Gasteiger partial charge in [-0.05, 0) is 31.9 Å². The lowest BCUT2D eigenvalue weighted by molar-refractivity contribution is -0.143. The fourth-order valence-electron chi connectivity index (χ4n) is 3.48.